The molecule has 1 aliphatic carbocycles. The van der Waals surface area contributed by atoms with Gasteiger partial charge >= 0.3 is 5.97 Å². The van der Waals surface area contributed by atoms with Crippen molar-refractivity contribution in [3.63, 3.8) is 0 Å². The second-order valence-electron chi connectivity index (χ2n) is 7.74. The number of aromatic nitrogens is 1. The van der Waals surface area contributed by atoms with Crippen LogP contribution in [0.1, 0.15) is 35.0 Å². The first kappa shape index (κ1) is 21.7. The number of carbonyl (C=O) groups is 2. The quantitative estimate of drug-likeness (QED) is 0.358. The molecule has 1 heterocycles. The molecular formula is C23H18F4N2O3. The van der Waals surface area contributed by atoms with Crippen molar-refractivity contribution in [2.45, 2.75) is 26.2 Å². The monoisotopic (exact) mass is 446 g/mol. The first-order chi connectivity index (χ1) is 15.3. The summed E-state index contributed by atoms with van der Waals surface area (Å²) in [5, 5.41) is 2.28. The molecule has 0 saturated carbocycles. The molecule has 1 aliphatic rings. The van der Waals surface area contributed by atoms with Crippen LogP contribution < -0.4 is 5.32 Å². The molecule has 0 radical (unpaired) electrons. The molecule has 1 N–H and O–H groups in total. The van der Waals surface area contributed by atoms with Gasteiger partial charge in [0.15, 0.2) is 29.9 Å². The summed E-state index contributed by atoms with van der Waals surface area (Å²) in [6, 6.07) is 7.05. The van der Waals surface area contributed by atoms with Crippen LogP contribution in [-0.4, -0.2) is 23.5 Å². The van der Waals surface area contributed by atoms with Crippen LogP contribution in [0, 0.1) is 29.2 Å². The van der Waals surface area contributed by atoms with E-state index in [1.807, 2.05) is 0 Å². The van der Waals surface area contributed by atoms with E-state index in [1.165, 1.54) is 0 Å². The fourth-order valence-electron chi connectivity index (χ4n) is 3.86. The molecule has 0 bridgehead atoms. The number of hydrogen-bond donors (Lipinski definition) is 1. The molecule has 1 aromatic heterocycles. The van der Waals surface area contributed by atoms with Gasteiger partial charge in [-0.25, -0.2) is 22.4 Å². The molecule has 5 nitrogen and oxygen atoms in total. The number of ether oxygens (including phenoxy) is 1. The third-order valence-corrected chi connectivity index (χ3v) is 5.42. The van der Waals surface area contributed by atoms with Crippen molar-refractivity contribution < 1.29 is 31.9 Å². The number of para-hydroxylation sites is 1. The molecule has 9 heteroatoms. The molecular weight excluding hydrogens is 428 g/mol. The summed E-state index contributed by atoms with van der Waals surface area (Å²) in [6.45, 7) is 1.15. The second kappa shape index (κ2) is 8.57. The molecule has 0 aliphatic heterocycles. The summed E-state index contributed by atoms with van der Waals surface area (Å²) in [7, 11) is 0. The van der Waals surface area contributed by atoms with E-state index >= 15 is 0 Å². The van der Waals surface area contributed by atoms with Crippen LogP contribution in [0.4, 0.5) is 23.2 Å². The minimum absolute atomic E-state index is 0.0268. The van der Waals surface area contributed by atoms with Crippen molar-refractivity contribution in [1.82, 2.24) is 4.98 Å². The summed E-state index contributed by atoms with van der Waals surface area (Å²) in [5.41, 5.74) is 1.15. The molecule has 0 saturated heterocycles. The highest BCUT2D eigenvalue weighted by molar-refractivity contribution is 6.06. The Kier molecular flexibility index (Phi) is 5.82. The number of anilines is 1. The highest BCUT2D eigenvalue weighted by Gasteiger charge is 2.27. The number of carbonyl (C=O) groups excluding carboxylic acids is 2. The Hall–Kier alpha value is -3.49. The van der Waals surface area contributed by atoms with Crippen LogP contribution in [0.15, 0.2) is 30.3 Å². The number of nitrogens with one attached hydrogen (secondary N) is 1. The number of aryl methyl sites for hydroxylation is 1. The van der Waals surface area contributed by atoms with E-state index in [4.69, 9.17) is 4.74 Å². The highest BCUT2D eigenvalue weighted by atomic mass is 19.2. The number of esters is 1. The number of amides is 1. The van der Waals surface area contributed by atoms with Crippen molar-refractivity contribution in [2.24, 2.45) is 5.92 Å². The van der Waals surface area contributed by atoms with Gasteiger partial charge in [0.05, 0.1) is 11.1 Å². The number of pyridine rings is 1. The minimum atomic E-state index is -1.76. The van der Waals surface area contributed by atoms with Crippen molar-refractivity contribution in [3.05, 3.63) is 70.4 Å². The normalized spacial score (nSPS) is 15.3. The smallest absolute Gasteiger partial charge is 0.339 e. The zero-order valence-electron chi connectivity index (χ0n) is 17.0. The number of nitrogens with zero attached hydrogens (tertiary/aromatic N) is 1. The van der Waals surface area contributed by atoms with Gasteiger partial charge < -0.3 is 10.1 Å². The van der Waals surface area contributed by atoms with Gasteiger partial charge in [-0.05, 0) is 36.8 Å². The zero-order chi connectivity index (χ0) is 23.0. The molecule has 4 rings (SSSR count). The van der Waals surface area contributed by atoms with Gasteiger partial charge in [0, 0.05) is 17.1 Å². The van der Waals surface area contributed by atoms with Gasteiger partial charge in [0.1, 0.15) is 5.69 Å². The summed E-state index contributed by atoms with van der Waals surface area (Å²) in [5.74, 6) is -8.47. The maximum absolute atomic E-state index is 13.8. The fraction of sp³-hybridized carbons (Fsp3) is 0.261. The van der Waals surface area contributed by atoms with Crippen molar-refractivity contribution >= 4 is 28.5 Å². The van der Waals surface area contributed by atoms with Crippen LogP contribution >= 0.6 is 0 Å². The van der Waals surface area contributed by atoms with Crippen LogP contribution in [-0.2, 0) is 22.4 Å². The average Bonchev–Trinajstić information content (AvgIpc) is 2.77. The van der Waals surface area contributed by atoms with Crippen LogP contribution in [0.2, 0.25) is 0 Å². The van der Waals surface area contributed by atoms with Crippen LogP contribution in [0.3, 0.4) is 0 Å². The van der Waals surface area contributed by atoms with Gasteiger partial charge in [-0.1, -0.05) is 25.1 Å². The SMILES string of the molecule is CC1CCc2nc3ccccc3c(C(=O)OCC(=O)Nc3c(F)c(F)cc(F)c3F)c2C1. The van der Waals surface area contributed by atoms with Crippen molar-refractivity contribution in [1.29, 1.82) is 0 Å². The molecule has 1 amide bonds. The lowest BCUT2D eigenvalue weighted by molar-refractivity contribution is -0.119. The average molecular weight is 446 g/mol. The Balaban J connectivity index is 1.58. The first-order valence-electron chi connectivity index (χ1n) is 9.96. The Labute approximate surface area is 180 Å². The van der Waals surface area contributed by atoms with Crippen molar-refractivity contribution in [2.75, 3.05) is 11.9 Å². The van der Waals surface area contributed by atoms with E-state index in [0.29, 0.717) is 35.2 Å². The van der Waals surface area contributed by atoms with E-state index in [-0.39, 0.29) is 6.07 Å². The molecule has 0 fully saturated rings. The van der Waals surface area contributed by atoms with E-state index in [9.17, 15) is 27.2 Å². The van der Waals surface area contributed by atoms with Gasteiger partial charge in [0.2, 0.25) is 0 Å². The van der Waals surface area contributed by atoms with E-state index in [1.54, 1.807) is 29.6 Å². The van der Waals surface area contributed by atoms with E-state index in [2.05, 4.69) is 11.9 Å². The molecule has 0 spiro atoms. The maximum Gasteiger partial charge on any atom is 0.339 e. The van der Waals surface area contributed by atoms with Gasteiger partial charge in [-0.2, -0.15) is 0 Å². The largest absolute Gasteiger partial charge is 0.452 e. The Morgan fingerprint density at radius 2 is 1.81 bits per heavy atom. The molecule has 1 atom stereocenters. The Bertz CT molecular complexity index is 1220. The molecule has 2 aromatic carbocycles. The third kappa shape index (κ3) is 4.02. The Morgan fingerprint density at radius 3 is 2.53 bits per heavy atom. The zero-order valence-corrected chi connectivity index (χ0v) is 17.0. The highest BCUT2D eigenvalue weighted by Crippen LogP contribution is 2.32. The first-order valence-corrected chi connectivity index (χ1v) is 9.96. The van der Waals surface area contributed by atoms with Crippen molar-refractivity contribution in [3.8, 4) is 0 Å². The van der Waals surface area contributed by atoms with Gasteiger partial charge in [0.25, 0.3) is 5.91 Å². The number of halogens is 4. The molecule has 3 aromatic rings. The predicted octanol–water partition coefficient (Wildman–Crippen LogP) is 4.71. The fourth-order valence-corrected chi connectivity index (χ4v) is 3.86. The number of hydrogen-bond acceptors (Lipinski definition) is 4. The Morgan fingerprint density at radius 1 is 1.12 bits per heavy atom. The number of rotatable bonds is 4. The lowest BCUT2D eigenvalue weighted by Crippen LogP contribution is -2.24. The van der Waals surface area contributed by atoms with Gasteiger partial charge in [-0.15, -0.1) is 0 Å². The summed E-state index contributed by atoms with van der Waals surface area (Å²) in [4.78, 5) is 29.7. The predicted molar refractivity (Wildman–Crippen MR) is 108 cm³/mol. The second-order valence-corrected chi connectivity index (χ2v) is 7.74. The van der Waals surface area contributed by atoms with Gasteiger partial charge in [-0.3, -0.25) is 9.78 Å². The topological polar surface area (TPSA) is 68.3 Å². The summed E-state index contributed by atoms with van der Waals surface area (Å²) in [6.07, 6.45) is 2.24. The molecule has 1 unspecified atom stereocenters. The standard InChI is InChI=1S/C23H18F4N2O3/c1-11-6-7-17-13(8-11)19(12-4-2-3-5-16(12)28-17)23(31)32-10-18(30)29-22-20(26)14(24)9-15(25)21(22)27/h2-5,9,11H,6-8,10H2,1H3,(H,29,30). The number of fused-ring (bicyclic) bond motifs is 2. The molecule has 166 valence electrons. The third-order valence-electron chi connectivity index (χ3n) is 5.42. The summed E-state index contributed by atoms with van der Waals surface area (Å²) < 4.78 is 59.3. The minimum Gasteiger partial charge on any atom is -0.452 e. The lowest BCUT2D eigenvalue weighted by atomic mass is 9.84. The lowest BCUT2D eigenvalue weighted by Gasteiger charge is -2.24. The van der Waals surface area contributed by atoms with Crippen LogP contribution in [0.25, 0.3) is 10.9 Å². The van der Waals surface area contributed by atoms with E-state index < -0.39 is 47.4 Å². The number of benzene rings is 2. The van der Waals surface area contributed by atoms with Crippen LogP contribution in [0.5, 0.6) is 0 Å². The molecule has 32 heavy (non-hydrogen) atoms. The summed E-state index contributed by atoms with van der Waals surface area (Å²) >= 11 is 0. The van der Waals surface area contributed by atoms with E-state index in [0.717, 1.165) is 17.7 Å². The maximum atomic E-state index is 13.8.